The van der Waals surface area contributed by atoms with Crippen LogP contribution in [0.3, 0.4) is 0 Å². The fourth-order valence-corrected chi connectivity index (χ4v) is 4.53. The van der Waals surface area contributed by atoms with Crippen molar-refractivity contribution in [2.24, 2.45) is 0 Å². The van der Waals surface area contributed by atoms with Gasteiger partial charge in [0.15, 0.2) is 5.78 Å². The first-order chi connectivity index (χ1) is 15.8. The molecule has 1 aliphatic rings. The number of benzene rings is 2. The zero-order valence-corrected chi connectivity index (χ0v) is 19.2. The Morgan fingerprint density at radius 2 is 1.70 bits per heavy atom. The molecule has 1 fully saturated rings. The highest BCUT2D eigenvalue weighted by Crippen LogP contribution is 2.33. The Morgan fingerprint density at radius 1 is 1.03 bits per heavy atom. The van der Waals surface area contributed by atoms with E-state index in [1.54, 1.807) is 37.4 Å². The van der Waals surface area contributed by atoms with E-state index in [4.69, 9.17) is 4.74 Å². The highest BCUT2D eigenvalue weighted by atomic mass is 16.5. The maximum atomic E-state index is 13.4. The quantitative estimate of drug-likeness (QED) is 0.438. The van der Waals surface area contributed by atoms with Crippen LogP contribution >= 0.6 is 0 Å². The molecule has 0 spiro atoms. The first kappa shape index (κ1) is 22.3. The summed E-state index contributed by atoms with van der Waals surface area (Å²) in [7, 11) is 1.56. The van der Waals surface area contributed by atoms with Crippen LogP contribution in [0.2, 0.25) is 0 Å². The average molecular weight is 446 g/mol. The predicted octanol–water partition coefficient (Wildman–Crippen LogP) is 4.14. The van der Waals surface area contributed by atoms with Crippen LogP contribution in [0.1, 0.15) is 40.7 Å². The van der Waals surface area contributed by atoms with Crippen molar-refractivity contribution >= 4 is 17.7 Å². The van der Waals surface area contributed by atoms with Gasteiger partial charge >= 0.3 is 6.03 Å². The van der Waals surface area contributed by atoms with E-state index >= 15 is 0 Å². The molecule has 0 bridgehead atoms. The third kappa shape index (κ3) is 3.69. The summed E-state index contributed by atoms with van der Waals surface area (Å²) in [5.41, 5.74) is 2.57. The topological polar surface area (TPSA) is 80.6 Å². The smallest absolute Gasteiger partial charge is 0.325 e. The molecule has 3 amide bonds. The summed E-state index contributed by atoms with van der Waals surface area (Å²) in [6.45, 7) is 5.31. The number of Topliss-reactive ketones (excluding diaryl/α,β-unsaturated/α-hetero) is 1. The molecule has 7 nitrogen and oxygen atoms in total. The summed E-state index contributed by atoms with van der Waals surface area (Å²) in [6, 6.07) is 18.0. The third-order valence-corrected chi connectivity index (χ3v) is 6.34. The van der Waals surface area contributed by atoms with Crippen molar-refractivity contribution in [3.8, 4) is 11.4 Å². The largest absolute Gasteiger partial charge is 0.497 e. The number of hydrogen-bond acceptors (Lipinski definition) is 4. The number of para-hydroxylation sites is 1. The van der Waals surface area contributed by atoms with E-state index in [0.717, 1.165) is 22.0 Å². The first-order valence-corrected chi connectivity index (χ1v) is 10.9. The highest BCUT2D eigenvalue weighted by Gasteiger charge is 2.51. The van der Waals surface area contributed by atoms with Gasteiger partial charge < -0.3 is 14.6 Å². The maximum absolute atomic E-state index is 13.4. The second-order valence-corrected chi connectivity index (χ2v) is 8.19. The maximum Gasteiger partial charge on any atom is 0.325 e. The number of urea groups is 1. The molecule has 33 heavy (non-hydrogen) atoms. The van der Waals surface area contributed by atoms with Gasteiger partial charge in [-0.1, -0.05) is 37.3 Å². The van der Waals surface area contributed by atoms with E-state index in [2.05, 4.69) is 5.32 Å². The van der Waals surface area contributed by atoms with Gasteiger partial charge in [0.2, 0.25) is 0 Å². The molecule has 1 aliphatic heterocycles. The van der Waals surface area contributed by atoms with Crippen LogP contribution in [0.15, 0.2) is 60.7 Å². The summed E-state index contributed by atoms with van der Waals surface area (Å²) >= 11 is 0. The van der Waals surface area contributed by atoms with Gasteiger partial charge in [-0.3, -0.25) is 14.5 Å². The molecule has 0 aliphatic carbocycles. The van der Waals surface area contributed by atoms with Crippen molar-refractivity contribution in [2.75, 3.05) is 13.7 Å². The molecule has 1 N–H and O–H groups in total. The zero-order valence-electron chi connectivity index (χ0n) is 19.2. The number of methoxy groups -OCH3 is 1. The number of aromatic nitrogens is 1. The van der Waals surface area contributed by atoms with Crippen molar-refractivity contribution < 1.29 is 19.1 Å². The zero-order chi connectivity index (χ0) is 23.8. The van der Waals surface area contributed by atoms with Crippen LogP contribution in [0, 0.1) is 13.8 Å². The van der Waals surface area contributed by atoms with Crippen molar-refractivity contribution in [3.05, 3.63) is 83.2 Å². The lowest BCUT2D eigenvalue weighted by atomic mass is 9.87. The van der Waals surface area contributed by atoms with E-state index in [-0.39, 0.29) is 12.3 Å². The Labute approximate surface area is 193 Å². The van der Waals surface area contributed by atoms with Gasteiger partial charge in [-0.15, -0.1) is 0 Å². The number of carbonyl (C=O) groups is 3. The molecule has 1 saturated heterocycles. The normalized spacial score (nSPS) is 17.9. The Balaban J connectivity index is 1.61. The van der Waals surface area contributed by atoms with Gasteiger partial charge in [0.05, 0.1) is 13.7 Å². The van der Waals surface area contributed by atoms with Crippen molar-refractivity contribution in [3.63, 3.8) is 0 Å². The SMILES string of the molecule is CC[C@]1(c2ccc(OC)cc2)NC(=O)N(CC(=O)c2cc(C)n(-c3ccccc3)c2C)C1=O. The molecular formula is C26H27N3O4. The van der Waals surface area contributed by atoms with Gasteiger partial charge in [-0.25, -0.2) is 4.79 Å². The molecule has 170 valence electrons. The summed E-state index contributed by atoms with van der Waals surface area (Å²) in [5.74, 6) is -0.0524. The Morgan fingerprint density at radius 3 is 2.30 bits per heavy atom. The molecule has 2 aromatic carbocycles. The molecule has 7 heteroatoms. The van der Waals surface area contributed by atoms with E-state index in [0.29, 0.717) is 23.3 Å². The van der Waals surface area contributed by atoms with E-state index in [9.17, 15) is 14.4 Å². The molecule has 1 atom stereocenters. The molecule has 2 heterocycles. The number of hydrogen-bond donors (Lipinski definition) is 1. The molecule has 0 unspecified atom stereocenters. The summed E-state index contributed by atoms with van der Waals surface area (Å²) in [6.07, 6.45) is 0.358. The fourth-order valence-electron chi connectivity index (χ4n) is 4.53. The highest BCUT2D eigenvalue weighted by molar-refractivity contribution is 6.11. The van der Waals surface area contributed by atoms with E-state index in [1.165, 1.54) is 0 Å². The predicted molar refractivity (Wildman–Crippen MR) is 125 cm³/mol. The molecular weight excluding hydrogens is 418 g/mol. The van der Waals surface area contributed by atoms with Gasteiger partial charge in [0, 0.05) is 22.6 Å². The second kappa shape index (κ2) is 8.58. The van der Waals surface area contributed by atoms with Crippen LogP contribution in [-0.2, 0) is 10.3 Å². The van der Waals surface area contributed by atoms with Crippen molar-refractivity contribution in [2.45, 2.75) is 32.7 Å². The molecule has 3 aromatic rings. The van der Waals surface area contributed by atoms with Crippen LogP contribution < -0.4 is 10.1 Å². The molecule has 0 saturated carbocycles. The van der Waals surface area contributed by atoms with E-state index in [1.807, 2.05) is 55.7 Å². The number of ether oxygens (including phenoxy) is 1. The van der Waals surface area contributed by atoms with Gasteiger partial charge in [-0.05, 0) is 56.2 Å². The van der Waals surface area contributed by atoms with Crippen molar-refractivity contribution in [1.29, 1.82) is 0 Å². The van der Waals surface area contributed by atoms with Crippen LogP contribution in [0.25, 0.3) is 5.69 Å². The van der Waals surface area contributed by atoms with Crippen LogP contribution in [-0.4, -0.2) is 40.8 Å². The Bertz CT molecular complexity index is 1210. The summed E-state index contributed by atoms with van der Waals surface area (Å²) < 4.78 is 7.19. The van der Waals surface area contributed by atoms with Crippen molar-refractivity contribution in [1.82, 2.24) is 14.8 Å². The molecule has 1 aromatic heterocycles. The lowest BCUT2D eigenvalue weighted by Gasteiger charge is -2.26. The van der Waals surface area contributed by atoms with Crippen LogP contribution in [0.4, 0.5) is 4.79 Å². The Kier molecular flexibility index (Phi) is 5.80. The number of rotatable bonds is 7. The second-order valence-electron chi connectivity index (χ2n) is 8.19. The molecule has 4 rings (SSSR count). The number of imide groups is 1. The third-order valence-electron chi connectivity index (χ3n) is 6.34. The number of aryl methyl sites for hydroxylation is 1. The number of ketones is 1. The number of nitrogens with one attached hydrogen (secondary N) is 1. The average Bonchev–Trinajstić information content (AvgIpc) is 3.27. The lowest BCUT2D eigenvalue weighted by molar-refractivity contribution is -0.131. The lowest BCUT2D eigenvalue weighted by Crippen LogP contribution is -2.43. The number of amides is 3. The summed E-state index contributed by atoms with van der Waals surface area (Å²) in [4.78, 5) is 40.5. The number of carbonyl (C=O) groups excluding carboxylic acids is 3. The minimum absolute atomic E-state index is 0.282. The van der Waals surface area contributed by atoms with E-state index < -0.39 is 17.5 Å². The van der Waals surface area contributed by atoms with Gasteiger partial charge in [0.25, 0.3) is 5.91 Å². The minimum atomic E-state index is -1.20. The van der Waals surface area contributed by atoms with Gasteiger partial charge in [0.1, 0.15) is 11.3 Å². The minimum Gasteiger partial charge on any atom is -0.497 e. The summed E-state index contributed by atoms with van der Waals surface area (Å²) in [5, 5.41) is 2.82. The van der Waals surface area contributed by atoms with Crippen LogP contribution in [0.5, 0.6) is 5.75 Å². The van der Waals surface area contributed by atoms with Gasteiger partial charge in [-0.2, -0.15) is 0 Å². The fraction of sp³-hybridized carbons (Fsp3) is 0.269. The Hall–Kier alpha value is -3.87. The standard InChI is InChI=1S/C26H27N3O4/c1-5-26(19-11-13-21(33-4)14-12-19)24(31)28(25(32)27-26)16-23(30)22-15-17(2)29(18(22)3)20-9-7-6-8-10-20/h6-15H,5,16H2,1-4H3,(H,27,32)/t26-/m1/s1. The molecule has 0 radical (unpaired) electrons. The first-order valence-electron chi connectivity index (χ1n) is 10.9. The number of nitrogens with zero attached hydrogens (tertiary/aromatic N) is 2. The monoisotopic (exact) mass is 445 g/mol.